The third kappa shape index (κ3) is 5.79. The lowest BCUT2D eigenvalue weighted by atomic mass is 10.1. The van der Waals surface area contributed by atoms with Crippen LogP contribution in [0.1, 0.15) is 11.1 Å². The van der Waals surface area contributed by atoms with E-state index in [2.05, 4.69) is 5.32 Å². The summed E-state index contributed by atoms with van der Waals surface area (Å²) in [6.07, 6.45) is 1.19. The highest BCUT2D eigenvalue weighted by atomic mass is 32.2. The summed E-state index contributed by atoms with van der Waals surface area (Å²) in [4.78, 5) is 15.2. The molecule has 0 fully saturated rings. The van der Waals surface area contributed by atoms with Gasteiger partial charge in [0, 0.05) is 28.8 Å². The molecule has 0 saturated carbocycles. The zero-order chi connectivity index (χ0) is 25.7. The molecular weight excluding hydrogens is 472 g/mol. The summed E-state index contributed by atoms with van der Waals surface area (Å²) in [7, 11) is -3.39. The maximum absolute atomic E-state index is 13.3. The van der Waals surface area contributed by atoms with E-state index < -0.39 is 9.84 Å². The van der Waals surface area contributed by atoms with Gasteiger partial charge < -0.3 is 11.1 Å². The molecule has 7 nitrogen and oxygen atoms in total. The summed E-state index contributed by atoms with van der Waals surface area (Å²) >= 11 is 0. The number of rotatable bonds is 7. The summed E-state index contributed by atoms with van der Waals surface area (Å²) in [6.45, 7) is 0.275. The Balaban J connectivity index is 1.59. The van der Waals surface area contributed by atoms with Gasteiger partial charge in [-0.05, 0) is 47.5 Å². The number of sulfone groups is 1. The second-order valence-electron chi connectivity index (χ2n) is 8.31. The van der Waals surface area contributed by atoms with Crippen LogP contribution in [0.25, 0.3) is 11.1 Å². The van der Waals surface area contributed by atoms with E-state index in [1.807, 2.05) is 36.4 Å². The molecule has 36 heavy (non-hydrogen) atoms. The molecule has 8 heteroatoms. The topological polar surface area (TPSA) is 116 Å². The molecule has 0 spiro atoms. The van der Waals surface area contributed by atoms with Crippen LogP contribution in [0.5, 0.6) is 0 Å². The van der Waals surface area contributed by atoms with Crippen LogP contribution in [-0.4, -0.2) is 26.5 Å². The van der Waals surface area contributed by atoms with Crippen LogP contribution in [0.15, 0.2) is 108 Å². The lowest BCUT2D eigenvalue weighted by Gasteiger charge is -2.24. The van der Waals surface area contributed by atoms with E-state index in [0.717, 1.165) is 11.1 Å². The Morgan fingerprint density at radius 2 is 1.56 bits per heavy atom. The van der Waals surface area contributed by atoms with E-state index in [1.54, 1.807) is 71.6 Å². The number of amides is 2. The average molecular weight is 499 g/mol. The Morgan fingerprint density at radius 3 is 2.22 bits per heavy atom. The standard InChI is InChI=1S/C28H26N4O3S/c1-36(34,35)26-13-6-5-12-25(26)21-14-16-23(17-15-21)31-28(33)32(24-10-3-2-4-11-24)19-20-8-7-9-22(18-20)27(29)30/h2-18H,19H2,1H3,(H3,29,30)(H,31,33). The van der Waals surface area contributed by atoms with Gasteiger partial charge in [-0.2, -0.15) is 0 Å². The first-order chi connectivity index (χ1) is 17.2. The fraction of sp³-hybridized carbons (Fsp3) is 0.0714. The first kappa shape index (κ1) is 24.7. The molecule has 4 aromatic rings. The van der Waals surface area contributed by atoms with E-state index in [0.29, 0.717) is 22.5 Å². The number of urea groups is 1. The van der Waals surface area contributed by atoms with Crippen LogP contribution in [0, 0.1) is 5.41 Å². The second-order valence-corrected chi connectivity index (χ2v) is 10.3. The van der Waals surface area contributed by atoms with Gasteiger partial charge in [0.1, 0.15) is 5.84 Å². The average Bonchev–Trinajstić information content (AvgIpc) is 2.88. The molecule has 0 saturated heterocycles. The summed E-state index contributed by atoms with van der Waals surface area (Å²) in [6, 6.07) is 30.0. The van der Waals surface area contributed by atoms with Crippen LogP contribution in [0.2, 0.25) is 0 Å². The molecule has 0 unspecified atom stereocenters. The second kappa shape index (κ2) is 10.5. The Morgan fingerprint density at radius 1 is 0.889 bits per heavy atom. The zero-order valence-electron chi connectivity index (χ0n) is 19.7. The predicted octanol–water partition coefficient (Wildman–Crippen LogP) is 5.28. The fourth-order valence-corrected chi connectivity index (χ4v) is 4.77. The Hall–Kier alpha value is -4.43. The molecule has 0 aromatic heterocycles. The highest BCUT2D eigenvalue weighted by molar-refractivity contribution is 7.90. The van der Waals surface area contributed by atoms with Crippen molar-refractivity contribution in [1.82, 2.24) is 0 Å². The number of anilines is 2. The van der Waals surface area contributed by atoms with Gasteiger partial charge in [-0.15, -0.1) is 0 Å². The highest BCUT2D eigenvalue weighted by Gasteiger charge is 2.18. The number of benzene rings is 4. The number of hydrogen-bond acceptors (Lipinski definition) is 4. The van der Waals surface area contributed by atoms with Crippen molar-refractivity contribution in [3.8, 4) is 11.1 Å². The van der Waals surface area contributed by atoms with E-state index >= 15 is 0 Å². The smallest absolute Gasteiger partial charge is 0.326 e. The van der Waals surface area contributed by atoms with Gasteiger partial charge in [-0.25, -0.2) is 13.2 Å². The molecule has 0 aliphatic rings. The first-order valence-corrected chi connectivity index (χ1v) is 13.1. The molecule has 2 amide bonds. The molecule has 4 rings (SSSR count). The number of carbonyl (C=O) groups excluding carboxylic acids is 1. The molecule has 0 heterocycles. The SMILES string of the molecule is CS(=O)(=O)c1ccccc1-c1ccc(NC(=O)N(Cc2cccc(C(=N)N)c2)c2ccccc2)cc1. The molecule has 0 radical (unpaired) electrons. The Kier molecular flexibility index (Phi) is 7.17. The minimum atomic E-state index is -3.39. The van der Waals surface area contributed by atoms with Crippen molar-refractivity contribution in [3.63, 3.8) is 0 Å². The van der Waals surface area contributed by atoms with E-state index in [1.165, 1.54) is 6.26 Å². The monoisotopic (exact) mass is 498 g/mol. The minimum absolute atomic E-state index is 0.0369. The van der Waals surface area contributed by atoms with Gasteiger partial charge in [-0.1, -0.05) is 66.7 Å². The fourth-order valence-electron chi connectivity index (χ4n) is 3.86. The van der Waals surface area contributed by atoms with Crippen LogP contribution in [-0.2, 0) is 16.4 Å². The summed E-state index contributed by atoms with van der Waals surface area (Å²) < 4.78 is 24.4. The van der Waals surface area contributed by atoms with Crippen molar-refractivity contribution in [2.75, 3.05) is 16.5 Å². The third-order valence-corrected chi connectivity index (χ3v) is 6.78. The number of carbonyl (C=O) groups is 1. The molecule has 0 atom stereocenters. The summed E-state index contributed by atoms with van der Waals surface area (Å²) in [5, 5.41) is 10.6. The van der Waals surface area contributed by atoms with Gasteiger partial charge in [-0.3, -0.25) is 10.3 Å². The van der Waals surface area contributed by atoms with E-state index in [-0.39, 0.29) is 23.3 Å². The third-order valence-electron chi connectivity index (χ3n) is 5.63. The zero-order valence-corrected chi connectivity index (χ0v) is 20.5. The molecular formula is C28H26N4O3S. The number of hydrogen-bond donors (Lipinski definition) is 3. The normalized spacial score (nSPS) is 11.0. The van der Waals surface area contributed by atoms with Crippen LogP contribution in [0.3, 0.4) is 0 Å². The van der Waals surface area contributed by atoms with Gasteiger partial charge in [0.05, 0.1) is 11.4 Å². The number of amidine groups is 1. The van der Waals surface area contributed by atoms with E-state index in [9.17, 15) is 13.2 Å². The quantitative estimate of drug-likeness (QED) is 0.237. The van der Waals surface area contributed by atoms with Gasteiger partial charge in [0.15, 0.2) is 9.84 Å². The predicted molar refractivity (Wildman–Crippen MR) is 144 cm³/mol. The van der Waals surface area contributed by atoms with Gasteiger partial charge >= 0.3 is 6.03 Å². The summed E-state index contributed by atoms with van der Waals surface area (Å²) in [5.41, 5.74) is 9.66. The van der Waals surface area contributed by atoms with Crippen molar-refractivity contribution in [2.24, 2.45) is 5.73 Å². The number of nitrogens with zero attached hydrogens (tertiary/aromatic N) is 1. The van der Waals surface area contributed by atoms with Gasteiger partial charge in [0.2, 0.25) is 0 Å². The van der Waals surface area contributed by atoms with Gasteiger partial charge in [0.25, 0.3) is 0 Å². The van der Waals surface area contributed by atoms with Crippen LogP contribution in [0.4, 0.5) is 16.2 Å². The lowest BCUT2D eigenvalue weighted by Crippen LogP contribution is -2.34. The number of nitrogens with two attached hydrogens (primary N) is 1. The van der Waals surface area contributed by atoms with Crippen molar-refractivity contribution in [2.45, 2.75) is 11.4 Å². The molecule has 182 valence electrons. The molecule has 4 N–H and O–H groups in total. The maximum atomic E-state index is 13.3. The molecule has 4 aromatic carbocycles. The molecule has 0 aliphatic heterocycles. The van der Waals surface area contributed by atoms with Crippen LogP contribution >= 0.6 is 0 Å². The highest BCUT2D eigenvalue weighted by Crippen LogP contribution is 2.28. The Bertz CT molecular complexity index is 1500. The molecule has 0 bridgehead atoms. The minimum Gasteiger partial charge on any atom is -0.384 e. The largest absolute Gasteiger partial charge is 0.384 e. The van der Waals surface area contributed by atoms with Crippen molar-refractivity contribution >= 4 is 33.1 Å². The maximum Gasteiger partial charge on any atom is 0.326 e. The first-order valence-electron chi connectivity index (χ1n) is 11.2. The van der Waals surface area contributed by atoms with E-state index in [4.69, 9.17) is 11.1 Å². The molecule has 0 aliphatic carbocycles. The summed E-state index contributed by atoms with van der Waals surface area (Å²) in [5.74, 6) is -0.0369. The lowest BCUT2D eigenvalue weighted by molar-refractivity contribution is 0.256. The van der Waals surface area contributed by atoms with Crippen LogP contribution < -0.4 is 16.0 Å². The van der Waals surface area contributed by atoms with Crippen molar-refractivity contribution in [3.05, 3.63) is 114 Å². The van der Waals surface area contributed by atoms with Crippen molar-refractivity contribution < 1.29 is 13.2 Å². The number of nitrogens with one attached hydrogen (secondary N) is 2. The van der Waals surface area contributed by atoms with Crippen molar-refractivity contribution in [1.29, 1.82) is 5.41 Å². The number of nitrogen functional groups attached to an aromatic ring is 1. The Labute approximate surface area is 210 Å². The number of para-hydroxylation sites is 1.